The van der Waals surface area contributed by atoms with Gasteiger partial charge in [0.05, 0.1) is 5.56 Å². The van der Waals surface area contributed by atoms with E-state index in [0.29, 0.717) is 0 Å². The molecule has 22 heavy (non-hydrogen) atoms. The fourth-order valence-corrected chi connectivity index (χ4v) is 3.21. The van der Waals surface area contributed by atoms with Gasteiger partial charge in [0.15, 0.2) is 5.03 Å². The molecule has 0 saturated heterocycles. The quantitative estimate of drug-likeness (QED) is 0.910. The summed E-state index contributed by atoms with van der Waals surface area (Å²) < 4.78 is 52.7. The normalized spacial score (nSPS) is 12.5. The summed E-state index contributed by atoms with van der Waals surface area (Å²) in [5.41, 5.74) is -1.81. The number of sulfonamides is 1. The third kappa shape index (κ3) is 4.44. The third-order valence-corrected chi connectivity index (χ3v) is 4.14. The lowest BCUT2D eigenvalue weighted by Gasteiger charge is -2.21. The average Bonchev–Trinajstić information content (AvgIpc) is 2.34. The Morgan fingerprint density at radius 2 is 1.82 bits per heavy atom. The monoisotopic (exact) mass is 335 g/mol. The molecule has 0 fully saturated rings. The molecule has 0 aliphatic rings. The second kappa shape index (κ2) is 6.25. The highest BCUT2D eigenvalue weighted by Gasteiger charge is 2.30. The van der Waals surface area contributed by atoms with Crippen LogP contribution in [-0.2, 0) is 10.0 Å². The van der Waals surface area contributed by atoms with Gasteiger partial charge in [-0.2, -0.15) is 0 Å². The molecule has 0 aromatic carbocycles. The first-order valence-electron chi connectivity index (χ1n) is 6.40. The van der Waals surface area contributed by atoms with Crippen LogP contribution in [0.25, 0.3) is 0 Å². The number of amides is 1. The minimum absolute atomic E-state index is 0.258. The smallest absolute Gasteiger partial charge is 0.280 e. The zero-order chi connectivity index (χ0) is 17.3. The van der Waals surface area contributed by atoms with Crippen LogP contribution in [0.4, 0.5) is 8.78 Å². The molecule has 1 N–H and O–H groups in total. The highest BCUT2D eigenvalue weighted by atomic mass is 32.2. The molecule has 9 heteroatoms. The number of halogens is 2. The van der Waals surface area contributed by atoms with Crippen LogP contribution in [-0.4, -0.2) is 43.8 Å². The van der Waals surface area contributed by atoms with E-state index in [4.69, 9.17) is 0 Å². The molecule has 0 aliphatic heterocycles. The number of nitrogens with one attached hydrogen (secondary N) is 1. The predicted molar refractivity (Wildman–Crippen MR) is 77.3 cm³/mol. The summed E-state index contributed by atoms with van der Waals surface area (Å²) >= 11 is 0. The molecule has 0 aliphatic carbocycles. The molecule has 0 spiro atoms. The summed E-state index contributed by atoms with van der Waals surface area (Å²) in [5, 5.41) is -0.695. The first kappa shape index (κ1) is 18.4. The van der Waals surface area contributed by atoms with Crippen molar-refractivity contribution in [3.63, 3.8) is 0 Å². The van der Waals surface area contributed by atoms with Crippen LogP contribution in [0.5, 0.6) is 0 Å². The number of alkyl halides is 2. The maximum absolute atomic E-state index is 12.8. The molecule has 1 aromatic rings. The van der Waals surface area contributed by atoms with Gasteiger partial charge in [-0.25, -0.2) is 26.9 Å². The Morgan fingerprint density at radius 1 is 1.27 bits per heavy atom. The molecule has 1 rings (SSSR count). The summed E-state index contributed by atoms with van der Waals surface area (Å²) in [4.78, 5) is 16.7. The molecule has 0 radical (unpaired) electrons. The van der Waals surface area contributed by atoms with Gasteiger partial charge in [0, 0.05) is 19.6 Å². The average molecular weight is 335 g/mol. The van der Waals surface area contributed by atoms with Crippen molar-refractivity contribution in [2.45, 2.75) is 37.8 Å². The predicted octanol–water partition coefficient (Wildman–Crippen LogP) is 1.80. The lowest BCUT2D eigenvalue weighted by Crippen LogP contribution is -2.41. The van der Waals surface area contributed by atoms with Crippen LogP contribution in [0.3, 0.4) is 0 Å². The second-order valence-corrected chi connectivity index (χ2v) is 7.54. The van der Waals surface area contributed by atoms with Crippen LogP contribution < -0.4 is 4.72 Å². The number of aromatic nitrogens is 1. The highest BCUT2D eigenvalue weighted by Crippen LogP contribution is 2.23. The van der Waals surface area contributed by atoms with Gasteiger partial charge in [0.1, 0.15) is 5.69 Å². The van der Waals surface area contributed by atoms with E-state index >= 15 is 0 Å². The van der Waals surface area contributed by atoms with E-state index in [9.17, 15) is 22.0 Å². The number of hydrogen-bond donors (Lipinski definition) is 1. The van der Waals surface area contributed by atoms with Gasteiger partial charge in [0.2, 0.25) is 0 Å². The van der Waals surface area contributed by atoms with Crippen molar-refractivity contribution in [3.05, 3.63) is 23.4 Å². The third-order valence-electron chi connectivity index (χ3n) is 2.44. The Balaban J connectivity index is 3.53. The summed E-state index contributed by atoms with van der Waals surface area (Å²) in [5.74, 6) is -0.636. The number of hydrogen-bond acceptors (Lipinski definition) is 4. The number of rotatable bonds is 4. The molecule has 124 valence electrons. The van der Waals surface area contributed by atoms with Crippen LogP contribution in [0, 0.1) is 0 Å². The molecular weight excluding hydrogens is 316 g/mol. The molecule has 1 amide bonds. The summed E-state index contributed by atoms with van der Waals surface area (Å²) in [6.45, 7) is 4.78. The highest BCUT2D eigenvalue weighted by molar-refractivity contribution is 7.89. The Hall–Kier alpha value is -1.61. The van der Waals surface area contributed by atoms with Crippen LogP contribution in [0.15, 0.2) is 17.2 Å². The van der Waals surface area contributed by atoms with Crippen molar-refractivity contribution in [3.8, 4) is 0 Å². The topological polar surface area (TPSA) is 79.4 Å². The summed E-state index contributed by atoms with van der Waals surface area (Å²) in [6, 6.07) is 1.99. The molecule has 6 nitrogen and oxygen atoms in total. The lowest BCUT2D eigenvalue weighted by atomic mass is 10.1. The van der Waals surface area contributed by atoms with E-state index in [-0.39, 0.29) is 5.56 Å². The zero-order valence-corrected chi connectivity index (χ0v) is 13.8. The van der Waals surface area contributed by atoms with Crippen molar-refractivity contribution in [2.24, 2.45) is 0 Å². The number of pyridine rings is 1. The van der Waals surface area contributed by atoms with Crippen molar-refractivity contribution in [2.75, 3.05) is 14.1 Å². The van der Waals surface area contributed by atoms with Crippen LogP contribution >= 0.6 is 0 Å². The summed E-state index contributed by atoms with van der Waals surface area (Å²) in [6.07, 6.45) is -2.94. The molecule has 0 atom stereocenters. The maximum Gasteiger partial charge on any atom is 0.280 e. The summed E-state index contributed by atoms with van der Waals surface area (Å²) in [7, 11) is -1.37. The van der Waals surface area contributed by atoms with Crippen LogP contribution in [0.1, 0.15) is 43.2 Å². The van der Waals surface area contributed by atoms with E-state index in [1.807, 2.05) is 0 Å². The van der Waals surface area contributed by atoms with Gasteiger partial charge in [-0.05, 0) is 32.9 Å². The van der Waals surface area contributed by atoms with Gasteiger partial charge in [0.25, 0.3) is 22.4 Å². The molecule has 1 aromatic heterocycles. The first-order chi connectivity index (χ1) is 9.85. The number of nitrogens with zero attached hydrogens (tertiary/aromatic N) is 2. The minimum Gasteiger partial charge on any atom is -0.345 e. The van der Waals surface area contributed by atoms with E-state index in [1.54, 1.807) is 20.8 Å². The first-order valence-corrected chi connectivity index (χ1v) is 7.88. The van der Waals surface area contributed by atoms with Crippen molar-refractivity contribution >= 4 is 15.9 Å². The second-order valence-electron chi connectivity index (χ2n) is 5.94. The van der Waals surface area contributed by atoms with Gasteiger partial charge < -0.3 is 4.90 Å². The van der Waals surface area contributed by atoms with Gasteiger partial charge in [-0.3, -0.25) is 4.79 Å². The standard InChI is InChI=1S/C13H19F2N3O3S/c1-13(2,3)17-22(20,21)11-8(12(19)18(4)5)6-7-9(16-11)10(14)15/h6-7,10,17H,1-5H3. The Labute approximate surface area is 128 Å². The number of carbonyl (C=O) groups excluding carboxylic acids is 1. The van der Waals surface area contributed by atoms with Crippen molar-refractivity contribution < 1.29 is 22.0 Å². The molecule has 0 bridgehead atoms. The largest absolute Gasteiger partial charge is 0.345 e. The molecular formula is C13H19F2N3O3S. The number of carbonyl (C=O) groups is 1. The fourth-order valence-electron chi connectivity index (χ4n) is 1.64. The van der Waals surface area contributed by atoms with E-state index in [2.05, 4.69) is 9.71 Å². The van der Waals surface area contributed by atoms with Crippen molar-refractivity contribution in [1.82, 2.24) is 14.6 Å². The van der Waals surface area contributed by atoms with E-state index in [0.717, 1.165) is 17.0 Å². The van der Waals surface area contributed by atoms with E-state index < -0.39 is 38.6 Å². The van der Waals surface area contributed by atoms with Crippen LogP contribution in [0.2, 0.25) is 0 Å². The van der Waals surface area contributed by atoms with Gasteiger partial charge >= 0.3 is 0 Å². The Bertz CT molecular complexity index is 668. The maximum atomic E-state index is 12.8. The molecule has 0 saturated carbocycles. The fraction of sp³-hybridized carbons (Fsp3) is 0.538. The van der Waals surface area contributed by atoms with Crippen molar-refractivity contribution in [1.29, 1.82) is 0 Å². The Morgan fingerprint density at radius 3 is 2.23 bits per heavy atom. The molecule has 1 heterocycles. The lowest BCUT2D eigenvalue weighted by molar-refractivity contribution is 0.0821. The SMILES string of the molecule is CN(C)C(=O)c1ccc(C(F)F)nc1S(=O)(=O)NC(C)(C)C. The minimum atomic E-state index is -4.23. The van der Waals surface area contributed by atoms with Gasteiger partial charge in [-0.1, -0.05) is 0 Å². The van der Waals surface area contributed by atoms with E-state index in [1.165, 1.54) is 14.1 Å². The zero-order valence-electron chi connectivity index (χ0n) is 13.0. The molecule has 0 unspecified atom stereocenters. The Kier molecular flexibility index (Phi) is 5.24. The van der Waals surface area contributed by atoms with Gasteiger partial charge in [-0.15, -0.1) is 0 Å².